The summed E-state index contributed by atoms with van der Waals surface area (Å²) in [7, 11) is 0. The number of rotatable bonds is 3. The van der Waals surface area contributed by atoms with E-state index in [1.807, 2.05) is 6.92 Å². The standard InChI is InChI=1S/C9H19N3O2/c1-3-8-6-14-7(2)4-12(8)5-9(10)11-13/h7-8,13H,3-6H2,1-2H3,(H2,10,11). The molecular formula is C9H19N3O2. The Balaban J connectivity index is 2.52. The number of oxime groups is 1. The van der Waals surface area contributed by atoms with Crippen molar-refractivity contribution in [2.45, 2.75) is 32.4 Å². The van der Waals surface area contributed by atoms with Crippen LogP contribution in [-0.2, 0) is 4.74 Å². The van der Waals surface area contributed by atoms with E-state index in [-0.39, 0.29) is 11.9 Å². The first-order chi connectivity index (χ1) is 6.67. The van der Waals surface area contributed by atoms with Crippen LogP contribution in [0.2, 0.25) is 0 Å². The minimum Gasteiger partial charge on any atom is -0.409 e. The SMILES string of the molecule is CCC1COC(C)CN1C/C(N)=N/O. The number of amidine groups is 1. The quantitative estimate of drug-likeness (QED) is 0.297. The van der Waals surface area contributed by atoms with Gasteiger partial charge in [0.05, 0.1) is 19.3 Å². The first-order valence-corrected chi connectivity index (χ1v) is 4.99. The summed E-state index contributed by atoms with van der Waals surface area (Å²) in [6.07, 6.45) is 1.25. The minimum atomic E-state index is 0.226. The zero-order chi connectivity index (χ0) is 10.6. The van der Waals surface area contributed by atoms with Gasteiger partial charge in [-0.15, -0.1) is 0 Å². The van der Waals surface area contributed by atoms with Gasteiger partial charge >= 0.3 is 0 Å². The molecule has 0 aromatic heterocycles. The molecule has 1 aliphatic rings. The Morgan fingerprint density at radius 3 is 3.00 bits per heavy atom. The predicted octanol–water partition coefficient (Wildman–Crippen LogP) is 0.232. The lowest BCUT2D eigenvalue weighted by Crippen LogP contribution is -2.51. The zero-order valence-electron chi connectivity index (χ0n) is 8.81. The van der Waals surface area contributed by atoms with E-state index in [9.17, 15) is 0 Å². The molecule has 3 N–H and O–H groups in total. The fraction of sp³-hybridized carbons (Fsp3) is 0.889. The van der Waals surface area contributed by atoms with E-state index in [1.165, 1.54) is 0 Å². The van der Waals surface area contributed by atoms with Crippen LogP contribution in [-0.4, -0.2) is 47.8 Å². The Labute approximate surface area is 84.5 Å². The molecular weight excluding hydrogens is 182 g/mol. The van der Waals surface area contributed by atoms with Gasteiger partial charge in [0.1, 0.15) is 0 Å². The Bertz CT molecular complexity index is 208. The van der Waals surface area contributed by atoms with Crippen LogP contribution in [0.25, 0.3) is 0 Å². The van der Waals surface area contributed by atoms with Gasteiger partial charge in [-0.1, -0.05) is 12.1 Å². The third kappa shape index (κ3) is 2.85. The molecule has 5 heteroatoms. The maximum absolute atomic E-state index is 8.50. The van der Waals surface area contributed by atoms with Crippen LogP contribution in [0, 0.1) is 0 Å². The topological polar surface area (TPSA) is 71.1 Å². The number of hydrogen-bond acceptors (Lipinski definition) is 4. The van der Waals surface area contributed by atoms with Crippen LogP contribution < -0.4 is 5.73 Å². The lowest BCUT2D eigenvalue weighted by atomic mass is 10.1. The highest BCUT2D eigenvalue weighted by Crippen LogP contribution is 2.13. The van der Waals surface area contributed by atoms with Crippen molar-refractivity contribution in [1.82, 2.24) is 4.90 Å². The third-order valence-corrected chi connectivity index (χ3v) is 2.55. The van der Waals surface area contributed by atoms with E-state index in [0.717, 1.165) is 19.6 Å². The van der Waals surface area contributed by atoms with Gasteiger partial charge in [-0.3, -0.25) is 4.90 Å². The van der Waals surface area contributed by atoms with E-state index < -0.39 is 0 Å². The molecule has 0 radical (unpaired) electrons. The first kappa shape index (κ1) is 11.3. The molecule has 1 rings (SSSR count). The maximum atomic E-state index is 8.50. The molecule has 0 amide bonds. The molecule has 14 heavy (non-hydrogen) atoms. The molecule has 0 spiro atoms. The Kier molecular flexibility index (Phi) is 4.16. The number of nitrogens with two attached hydrogens (primary N) is 1. The average Bonchev–Trinajstić information content (AvgIpc) is 2.18. The van der Waals surface area contributed by atoms with Gasteiger partial charge < -0.3 is 15.7 Å². The Morgan fingerprint density at radius 1 is 1.71 bits per heavy atom. The van der Waals surface area contributed by atoms with Gasteiger partial charge in [0, 0.05) is 12.6 Å². The molecule has 2 atom stereocenters. The lowest BCUT2D eigenvalue weighted by molar-refractivity contribution is -0.0499. The second-order valence-electron chi connectivity index (χ2n) is 3.73. The van der Waals surface area contributed by atoms with Crippen LogP contribution in [0.4, 0.5) is 0 Å². The van der Waals surface area contributed by atoms with Gasteiger partial charge in [0.25, 0.3) is 0 Å². The Morgan fingerprint density at radius 2 is 2.43 bits per heavy atom. The normalized spacial score (nSPS) is 30.6. The van der Waals surface area contributed by atoms with E-state index in [1.54, 1.807) is 0 Å². The summed E-state index contributed by atoms with van der Waals surface area (Å²) in [6.45, 7) is 6.24. The predicted molar refractivity (Wildman–Crippen MR) is 54.5 cm³/mol. The number of morpholine rings is 1. The second-order valence-corrected chi connectivity index (χ2v) is 3.73. The van der Waals surface area contributed by atoms with E-state index in [2.05, 4.69) is 17.0 Å². The average molecular weight is 201 g/mol. The molecule has 0 aliphatic carbocycles. The summed E-state index contributed by atoms with van der Waals surface area (Å²) >= 11 is 0. The molecule has 1 heterocycles. The monoisotopic (exact) mass is 201 g/mol. The lowest BCUT2D eigenvalue weighted by Gasteiger charge is -2.37. The summed E-state index contributed by atoms with van der Waals surface area (Å²) in [5.41, 5.74) is 5.48. The van der Waals surface area contributed by atoms with Crippen molar-refractivity contribution in [3.05, 3.63) is 0 Å². The van der Waals surface area contributed by atoms with Gasteiger partial charge in [0.15, 0.2) is 5.84 Å². The van der Waals surface area contributed by atoms with Crippen LogP contribution in [0.1, 0.15) is 20.3 Å². The molecule has 1 aliphatic heterocycles. The van der Waals surface area contributed by atoms with Crippen molar-refractivity contribution < 1.29 is 9.94 Å². The summed E-state index contributed by atoms with van der Waals surface area (Å²) < 4.78 is 5.54. The van der Waals surface area contributed by atoms with Crippen molar-refractivity contribution in [3.63, 3.8) is 0 Å². The van der Waals surface area contributed by atoms with Crippen LogP contribution in [0.3, 0.4) is 0 Å². The smallest absolute Gasteiger partial charge is 0.153 e. The van der Waals surface area contributed by atoms with Crippen molar-refractivity contribution in [1.29, 1.82) is 0 Å². The Hall–Kier alpha value is -0.810. The molecule has 0 aromatic carbocycles. The number of hydrogen-bond donors (Lipinski definition) is 2. The van der Waals surface area contributed by atoms with Gasteiger partial charge in [-0.25, -0.2) is 0 Å². The zero-order valence-corrected chi connectivity index (χ0v) is 8.81. The third-order valence-electron chi connectivity index (χ3n) is 2.55. The van der Waals surface area contributed by atoms with E-state index >= 15 is 0 Å². The fourth-order valence-electron chi connectivity index (χ4n) is 1.72. The highest BCUT2D eigenvalue weighted by molar-refractivity contribution is 5.81. The van der Waals surface area contributed by atoms with Crippen molar-refractivity contribution >= 4 is 5.84 Å². The highest BCUT2D eigenvalue weighted by Gasteiger charge is 2.25. The van der Waals surface area contributed by atoms with E-state index in [4.69, 9.17) is 15.7 Å². The van der Waals surface area contributed by atoms with Crippen molar-refractivity contribution in [2.75, 3.05) is 19.7 Å². The first-order valence-electron chi connectivity index (χ1n) is 4.99. The van der Waals surface area contributed by atoms with Gasteiger partial charge in [-0.2, -0.15) is 0 Å². The van der Waals surface area contributed by atoms with Crippen LogP contribution >= 0.6 is 0 Å². The molecule has 0 bridgehead atoms. The van der Waals surface area contributed by atoms with Gasteiger partial charge in [0.2, 0.25) is 0 Å². The summed E-state index contributed by atoms with van der Waals surface area (Å²) in [4.78, 5) is 2.20. The van der Waals surface area contributed by atoms with Crippen LogP contribution in [0.15, 0.2) is 5.16 Å². The fourth-order valence-corrected chi connectivity index (χ4v) is 1.72. The van der Waals surface area contributed by atoms with E-state index in [0.29, 0.717) is 12.6 Å². The van der Waals surface area contributed by atoms with Gasteiger partial charge in [-0.05, 0) is 13.3 Å². The summed E-state index contributed by atoms with van der Waals surface area (Å²) in [6, 6.07) is 0.381. The number of nitrogens with zero attached hydrogens (tertiary/aromatic N) is 2. The molecule has 0 saturated carbocycles. The minimum absolute atomic E-state index is 0.226. The van der Waals surface area contributed by atoms with Crippen LogP contribution in [0.5, 0.6) is 0 Å². The number of ether oxygens (including phenoxy) is 1. The van der Waals surface area contributed by atoms with Crippen molar-refractivity contribution in [2.24, 2.45) is 10.9 Å². The summed E-state index contributed by atoms with van der Waals surface area (Å²) in [5, 5.41) is 11.5. The molecule has 0 aromatic rings. The highest BCUT2D eigenvalue weighted by atomic mass is 16.5. The molecule has 1 saturated heterocycles. The molecule has 5 nitrogen and oxygen atoms in total. The largest absolute Gasteiger partial charge is 0.409 e. The maximum Gasteiger partial charge on any atom is 0.153 e. The molecule has 2 unspecified atom stereocenters. The second kappa shape index (κ2) is 5.17. The van der Waals surface area contributed by atoms with Crippen molar-refractivity contribution in [3.8, 4) is 0 Å². The summed E-state index contributed by atoms with van der Waals surface area (Å²) in [5.74, 6) is 0.262. The molecule has 82 valence electrons. The molecule has 1 fully saturated rings.